The van der Waals surface area contributed by atoms with E-state index in [1.54, 1.807) is 21.8 Å². The Balaban J connectivity index is 1.44. The average molecular weight is 382 g/mol. The molecule has 1 aromatic carbocycles. The van der Waals surface area contributed by atoms with E-state index >= 15 is 0 Å². The largest absolute Gasteiger partial charge is 0.372 e. The summed E-state index contributed by atoms with van der Waals surface area (Å²) in [6.45, 7) is 2.33. The van der Waals surface area contributed by atoms with Gasteiger partial charge in [0.1, 0.15) is 0 Å². The highest BCUT2D eigenvalue weighted by atomic mass is 15.3. The Morgan fingerprint density at radius 1 is 0.724 bits per heavy atom. The molecule has 29 heavy (non-hydrogen) atoms. The highest BCUT2D eigenvalue weighted by Gasteiger charge is 2.11. The van der Waals surface area contributed by atoms with Crippen molar-refractivity contribution in [2.75, 3.05) is 18.0 Å². The van der Waals surface area contributed by atoms with Crippen LogP contribution in [0.5, 0.6) is 0 Å². The molecule has 6 nitrogen and oxygen atoms in total. The van der Waals surface area contributed by atoms with Crippen LogP contribution in [0.15, 0.2) is 73.3 Å². The lowest BCUT2D eigenvalue weighted by atomic mass is 10.1. The van der Waals surface area contributed by atoms with Crippen LogP contribution >= 0.6 is 0 Å². The van der Waals surface area contributed by atoms with Gasteiger partial charge in [0.05, 0.1) is 0 Å². The third kappa shape index (κ3) is 3.82. The van der Waals surface area contributed by atoms with E-state index in [0.29, 0.717) is 0 Å². The van der Waals surface area contributed by atoms with Crippen LogP contribution in [0.1, 0.15) is 24.0 Å². The van der Waals surface area contributed by atoms with Crippen molar-refractivity contribution < 1.29 is 0 Å². The monoisotopic (exact) mass is 382 g/mol. The Morgan fingerprint density at radius 2 is 1.31 bits per heavy atom. The molecule has 5 rings (SSSR count). The first-order valence-electron chi connectivity index (χ1n) is 9.90. The predicted octanol–water partition coefficient (Wildman–Crippen LogP) is 4.22. The Hall–Kier alpha value is -3.67. The van der Waals surface area contributed by atoms with Gasteiger partial charge in [0.2, 0.25) is 0 Å². The van der Waals surface area contributed by atoms with Crippen molar-refractivity contribution in [3.8, 4) is 11.6 Å². The fourth-order valence-corrected chi connectivity index (χ4v) is 3.63. The normalized spacial score (nSPS) is 14.1. The van der Waals surface area contributed by atoms with Gasteiger partial charge in [-0.1, -0.05) is 24.3 Å². The van der Waals surface area contributed by atoms with E-state index in [9.17, 15) is 0 Å². The Kier molecular flexibility index (Phi) is 4.66. The zero-order valence-electron chi connectivity index (χ0n) is 16.1. The molecule has 144 valence electrons. The maximum atomic E-state index is 4.69. The molecule has 0 aliphatic carbocycles. The van der Waals surface area contributed by atoms with Crippen molar-refractivity contribution in [2.45, 2.75) is 12.8 Å². The van der Waals surface area contributed by atoms with Crippen LogP contribution in [0.3, 0.4) is 0 Å². The lowest BCUT2D eigenvalue weighted by Crippen LogP contribution is -2.17. The summed E-state index contributed by atoms with van der Waals surface area (Å²) in [6, 6.07) is 16.6. The first kappa shape index (κ1) is 17.4. The molecule has 1 fully saturated rings. The topological polar surface area (TPSA) is 51.8 Å². The standard InChI is InChI=1S/C23H22N6/c1-2-14-27(13-1)21-9-7-19(8-10-21)5-6-20-17-22(28-15-3-11-24-28)26-23(18-20)29-16-4-12-25-29/h3-12,15-18H,1-2,13-14H2/b6-5+. The van der Waals surface area contributed by atoms with Crippen LogP contribution in [0.4, 0.5) is 5.69 Å². The van der Waals surface area contributed by atoms with E-state index in [4.69, 9.17) is 4.98 Å². The van der Waals surface area contributed by atoms with Gasteiger partial charge in [0, 0.05) is 43.6 Å². The van der Waals surface area contributed by atoms with Gasteiger partial charge in [0.15, 0.2) is 11.6 Å². The summed E-state index contributed by atoms with van der Waals surface area (Å²) in [5.74, 6) is 1.51. The molecule has 0 saturated carbocycles. The first-order chi connectivity index (χ1) is 14.3. The van der Waals surface area contributed by atoms with Gasteiger partial charge < -0.3 is 4.90 Å². The van der Waals surface area contributed by atoms with Crippen LogP contribution in [-0.2, 0) is 0 Å². The van der Waals surface area contributed by atoms with Crippen molar-refractivity contribution in [1.29, 1.82) is 0 Å². The Bertz CT molecular complexity index is 1040. The molecule has 1 saturated heterocycles. The van der Waals surface area contributed by atoms with E-state index in [-0.39, 0.29) is 0 Å². The second-order valence-corrected chi connectivity index (χ2v) is 7.14. The van der Waals surface area contributed by atoms with Crippen molar-refractivity contribution in [3.05, 3.63) is 84.4 Å². The van der Waals surface area contributed by atoms with Crippen molar-refractivity contribution in [3.63, 3.8) is 0 Å². The van der Waals surface area contributed by atoms with E-state index in [2.05, 4.69) is 51.5 Å². The summed E-state index contributed by atoms with van der Waals surface area (Å²) in [4.78, 5) is 7.14. The average Bonchev–Trinajstić information content (AvgIpc) is 3.55. The third-order valence-corrected chi connectivity index (χ3v) is 5.13. The van der Waals surface area contributed by atoms with Crippen LogP contribution in [-0.4, -0.2) is 37.6 Å². The van der Waals surface area contributed by atoms with Crippen LogP contribution in [0, 0.1) is 0 Å². The van der Waals surface area contributed by atoms with Gasteiger partial charge >= 0.3 is 0 Å². The van der Waals surface area contributed by atoms with Crippen LogP contribution in [0.25, 0.3) is 23.8 Å². The van der Waals surface area contributed by atoms with Gasteiger partial charge in [0.25, 0.3) is 0 Å². The summed E-state index contributed by atoms with van der Waals surface area (Å²) >= 11 is 0. The van der Waals surface area contributed by atoms with Crippen molar-refractivity contribution in [2.24, 2.45) is 0 Å². The number of benzene rings is 1. The minimum absolute atomic E-state index is 0.757. The summed E-state index contributed by atoms with van der Waals surface area (Å²) in [5, 5.41) is 8.62. The summed E-state index contributed by atoms with van der Waals surface area (Å²) in [7, 11) is 0. The molecule has 4 heterocycles. The number of rotatable bonds is 5. The lowest BCUT2D eigenvalue weighted by Gasteiger charge is -2.17. The molecule has 0 amide bonds. The van der Waals surface area contributed by atoms with Gasteiger partial charge in [-0.25, -0.2) is 14.3 Å². The van der Waals surface area contributed by atoms with Gasteiger partial charge in [-0.3, -0.25) is 0 Å². The SMILES string of the molecule is C(=C\c1cc(-n2cccn2)nc(-n2cccn2)c1)/c1ccc(N2CCCC2)cc1. The molecule has 0 N–H and O–H groups in total. The molecular weight excluding hydrogens is 360 g/mol. The quantitative estimate of drug-likeness (QED) is 0.518. The predicted molar refractivity (Wildman–Crippen MR) is 115 cm³/mol. The molecule has 0 radical (unpaired) electrons. The molecule has 0 bridgehead atoms. The number of hydrogen-bond donors (Lipinski definition) is 0. The zero-order chi connectivity index (χ0) is 19.5. The molecule has 1 aliphatic heterocycles. The van der Waals surface area contributed by atoms with Gasteiger partial charge in [-0.2, -0.15) is 10.2 Å². The third-order valence-electron chi connectivity index (χ3n) is 5.13. The number of pyridine rings is 1. The first-order valence-corrected chi connectivity index (χ1v) is 9.90. The second kappa shape index (κ2) is 7.75. The number of anilines is 1. The minimum Gasteiger partial charge on any atom is -0.372 e. The smallest absolute Gasteiger partial charge is 0.156 e. The van der Waals surface area contributed by atoms with Gasteiger partial charge in [-0.15, -0.1) is 0 Å². The van der Waals surface area contributed by atoms with E-state index in [1.807, 2.05) is 36.7 Å². The second-order valence-electron chi connectivity index (χ2n) is 7.14. The molecule has 1 aliphatic rings. The molecule has 0 unspecified atom stereocenters. The molecule has 4 aromatic rings. The Morgan fingerprint density at radius 3 is 1.86 bits per heavy atom. The number of aromatic nitrogens is 5. The fourth-order valence-electron chi connectivity index (χ4n) is 3.63. The van der Waals surface area contributed by atoms with E-state index < -0.39 is 0 Å². The summed E-state index contributed by atoms with van der Waals surface area (Å²) < 4.78 is 3.52. The molecule has 6 heteroatoms. The highest BCUT2D eigenvalue weighted by molar-refractivity contribution is 5.71. The molecule has 3 aromatic heterocycles. The zero-order valence-corrected chi connectivity index (χ0v) is 16.1. The maximum Gasteiger partial charge on any atom is 0.156 e. The van der Waals surface area contributed by atoms with Gasteiger partial charge in [-0.05, 0) is 60.4 Å². The van der Waals surface area contributed by atoms with E-state index in [1.165, 1.54) is 37.2 Å². The summed E-state index contributed by atoms with van der Waals surface area (Å²) in [6.07, 6.45) is 14.1. The highest BCUT2D eigenvalue weighted by Crippen LogP contribution is 2.21. The fraction of sp³-hybridized carbons (Fsp3) is 0.174. The maximum absolute atomic E-state index is 4.69. The van der Waals surface area contributed by atoms with Crippen LogP contribution < -0.4 is 4.90 Å². The molecular formula is C23H22N6. The number of hydrogen-bond acceptors (Lipinski definition) is 4. The van der Waals surface area contributed by atoms with Crippen molar-refractivity contribution in [1.82, 2.24) is 24.5 Å². The van der Waals surface area contributed by atoms with Crippen LogP contribution in [0.2, 0.25) is 0 Å². The minimum atomic E-state index is 0.757. The molecule has 0 atom stereocenters. The number of nitrogens with zero attached hydrogens (tertiary/aromatic N) is 6. The van der Waals surface area contributed by atoms with E-state index in [0.717, 1.165) is 17.2 Å². The Labute approximate surface area is 169 Å². The van der Waals surface area contributed by atoms with Crippen molar-refractivity contribution >= 4 is 17.8 Å². The molecule has 0 spiro atoms. The lowest BCUT2D eigenvalue weighted by molar-refractivity contribution is 0.803. The summed E-state index contributed by atoms with van der Waals surface area (Å²) in [5.41, 5.74) is 3.52.